The van der Waals surface area contributed by atoms with E-state index in [0.29, 0.717) is 5.92 Å². The summed E-state index contributed by atoms with van der Waals surface area (Å²) in [6.07, 6.45) is 10.2. The van der Waals surface area contributed by atoms with Crippen molar-refractivity contribution in [1.82, 2.24) is 29.7 Å². The summed E-state index contributed by atoms with van der Waals surface area (Å²) in [5, 5.41) is 9.99. The molecule has 0 amide bonds. The summed E-state index contributed by atoms with van der Waals surface area (Å²) in [4.78, 5) is 10.3. The first kappa shape index (κ1) is 15.3. The van der Waals surface area contributed by atoms with Gasteiger partial charge in [-0.25, -0.2) is 9.50 Å². The van der Waals surface area contributed by atoms with Gasteiger partial charge in [0.1, 0.15) is 17.5 Å². The average molecular weight is 338 g/mol. The Morgan fingerprint density at radius 2 is 2.08 bits per heavy atom. The molecule has 1 N–H and O–H groups in total. The van der Waals surface area contributed by atoms with Crippen molar-refractivity contribution in [2.75, 3.05) is 19.6 Å². The molecule has 5 rings (SSSR count). The molecule has 132 valence electrons. The van der Waals surface area contributed by atoms with Crippen LogP contribution in [0, 0.1) is 11.8 Å². The Hall–Kier alpha value is -1.95. The van der Waals surface area contributed by atoms with Crippen LogP contribution in [0.1, 0.15) is 50.6 Å². The van der Waals surface area contributed by atoms with Crippen molar-refractivity contribution < 1.29 is 0 Å². The van der Waals surface area contributed by atoms with E-state index in [1.807, 2.05) is 10.7 Å². The number of rotatable bonds is 3. The second-order valence-electron chi connectivity index (χ2n) is 8.12. The van der Waals surface area contributed by atoms with Crippen LogP contribution in [0.5, 0.6) is 0 Å². The first-order valence-electron chi connectivity index (χ1n) is 9.67. The molecule has 6 heteroatoms. The van der Waals surface area contributed by atoms with E-state index in [1.54, 1.807) is 6.33 Å². The first-order valence-corrected chi connectivity index (χ1v) is 9.67. The van der Waals surface area contributed by atoms with Gasteiger partial charge in [-0.2, -0.15) is 0 Å². The van der Waals surface area contributed by atoms with Crippen molar-refractivity contribution in [3.63, 3.8) is 0 Å². The molecule has 1 saturated carbocycles. The number of likely N-dealkylation sites (tertiary alicyclic amines) is 1. The normalized spacial score (nSPS) is 28.3. The number of H-pyrrole nitrogens is 1. The van der Waals surface area contributed by atoms with Gasteiger partial charge >= 0.3 is 0 Å². The van der Waals surface area contributed by atoms with Crippen molar-refractivity contribution in [2.45, 2.75) is 44.9 Å². The smallest absolute Gasteiger partial charge is 0.141 e. The van der Waals surface area contributed by atoms with E-state index in [0.717, 1.165) is 28.4 Å². The minimum atomic E-state index is 0.534. The predicted molar refractivity (Wildman–Crippen MR) is 97.6 cm³/mol. The number of hydrogen-bond donors (Lipinski definition) is 1. The number of hydrogen-bond acceptors (Lipinski definition) is 4. The highest BCUT2D eigenvalue weighted by Crippen LogP contribution is 2.38. The van der Waals surface area contributed by atoms with Crippen LogP contribution in [0.15, 0.2) is 18.6 Å². The lowest BCUT2D eigenvalue weighted by Crippen LogP contribution is -2.29. The molecule has 1 atom stereocenters. The number of aromatic amines is 1. The SMILES string of the molecule is C[C@@H]1CCN(C[C@H]2CC[C@H](c3nnn4cnc5[nH]ccc5c34)CC2)C1. The molecule has 2 fully saturated rings. The largest absolute Gasteiger partial charge is 0.346 e. The molecule has 1 saturated heterocycles. The van der Waals surface area contributed by atoms with Crippen LogP contribution < -0.4 is 0 Å². The zero-order valence-electron chi connectivity index (χ0n) is 14.9. The fraction of sp³-hybridized carbons (Fsp3) is 0.632. The maximum absolute atomic E-state index is 4.54. The lowest BCUT2D eigenvalue weighted by atomic mass is 9.80. The molecule has 0 radical (unpaired) electrons. The lowest BCUT2D eigenvalue weighted by Gasteiger charge is -2.30. The number of fused-ring (bicyclic) bond motifs is 3. The van der Waals surface area contributed by atoms with Crippen LogP contribution in [-0.2, 0) is 0 Å². The van der Waals surface area contributed by atoms with Gasteiger partial charge in [0, 0.05) is 30.6 Å². The van der Waals surface area contributed by atoms with Gasteiger partial charge in [-0.1, -0.05) is 12.1 Å². The molecule has 1 aliphatic carbocycles. The third-order valence-electron chi connectivity index (χ3n) is 6.25. The molecule has 3 aromatic heterocycles. The molecule has 0 bridgehead atoms. The number of nitrogens with one attached hydrogen (secondary N) is 1. The second-order valence-corrected chi connectivity index (χ2v) is 8.12. The van der Waals surface area contributed by atoms with E-state index >= 15 is 0 Å². The van der Waals surface area contributed by atoms with E-state index < -0.39 is 0 Å². The van der Waals surface area contributed by atoms with Crippen molar-refractivity contribution in [3.05, 3.63) is 24.3 Å². The van der Waals surface area contributed by atoms with Gasteiger partial charge in [0.15, 0.2) is 0 Å². The van der Waals surface area contributed by atoms with E-state index in [-0.39, 0.29) is 0 Å². The van der Waals surface area contributed by atoms with Gasteiger partial charge < -0.3 is 9.88 Å². The summed E-state index contributed by atoms with van der Waals surface area (Å²) in [7, 11) is 0. The highest BCUT2D eigenvalue weighted by molar-refractivity contribution is 5.92. The Kier molecular flexibility index (Phi) is 3.73. The van der Waals surface area contributed by atoms with Crippen LogP contribution >= 0.6 is 0 Å². The molecule has 0 aromatic carbocycles. The predicted octanol–water partition coefficient (Wildman–Crippen LogP) is 3.22. The quantitative estimate of drug-likeness (QED) is 0.796. The molecule has 3 aromatic rings. The molecule has 25 heavy (non-hydrogen) atoms. The molecule has 1 aliphatic heterocycles. The zero-order chi connectivity index (χ0) is 16.8. The third-order valence-corrected chi connectivity index (χ3v) is 6.25. The summed E-state index contributed by atoms with van der Waals surface area (Å²) in [6, 6.07) is 2.09. The van der Waals surface area contributed by atoms with Crippen molar-refractivity contribution in [1.29, 1.82) is 0 Å². The fourth-order valence-electron chi connectivity index (χ4n) is 4.87. The Bertz CT molecular complexity index is 872. The summed E-state index contributed by atoms with van der Waals surface area (Å²) in [5.74, 6) is 2.28. The van der Waals surface area contributed by atoms with Gasteiger partial charge in [0.2, 0.25) is 0 Å². The Balaban J connectivity index is 1.32. The monoisotopic (exact) mass is 338 g/mol. The topological polar surface area (TPSA) is 62.1 Å². The molecule has 0 spiro atoms. The van der Waals surface area contributed by atoms with Gasteiger partial charge in [0.05, 0.1) is 5.69 Å². The molecule has 6 nitrogen and oxygen atoms in total. The van der Waals surface area contributed by atoms with E-state index in [9.17, 15) is 0 Å². The summed E-state index contributed by atoms with van der Waals surface area (Å²) >= 11 is 0. The first-order chi connectivity index (χ1) is 12.3. The van der Waals surface area contributed by atoms with Crippen LogP contribution in [0.3, 0.4) is 0 Å². The van der Waals surface area contributed by atoms with Gasteiger partial charge in [-0.15, -0.1) is 5.10 Å². The van der Waals surface area contributed by atoms with Crippen LogP contribution in [0.25, 0.3) is 16.6 Å². The van der Waals surface area contributed by atoms with Gasteiger partial charge in [-0.05, 0) is 56.6 Å². The van der Waals surface area contributed by atoms with Crippen molar-refractivity contribution >= 4 is 16.6 Å². The second kappa shape index (κ2) is 6.09. The van der Waals surface area contributed by atoms with E-state index in [4.69, 9.17) is 0 Å². The maximum Gasteiger partial charge on any atom is 0.141 e. The van der Waals surface area contributed by atoms with E-state index in [1.165, 1.54) is 57.4 Å². The van der Waals surface area contributed by atoms with E-state index in [2.05, 4.69) is 38.2 Å². The average Bonchev–Trinajstić information content (AvgIpc) is 3.34. The molecule has 4 heterocycles. The highest BCUT2D eigenvalue weighted by Gasteiger charge is 2.29. The zero-order valence-corrected chi connectivity index (χ0v) is 14.9. The lowest BCUT2D eigenvalue weighted by molar-refractivity contribution is 0.219. The molecule has 2 aliphatic rings. The Morgan fingerprint density at radius 3 is 2.88 bits per heavy atom. The number of nitrogens with zero attached hydrogens (tertiary/aromatic N) is 5. The van der Waals surface area contributed by atoms with Gasteiger partial charge in [-0.3, -0.25) is 0 Å². The summed E-state index contributed by atoms with van der Waals surface area (Å²) in [6.45, 7) is 6.28. The minimum Gasteiger partial charge on any atom is -0.346 e. The van der Waals surface area contributed by atoms with Crippen LogP contribution in [0.4, 0.5) is 0 Å². The minimum absolute atomic E-state index is 0.534. The summed E-state index contributed by atoms with van der Waals surface area (Å²) in [5.41, 5.74) is 3.23. The number of aromatic nitrogens is 5. The molecular formula is C19H26N6. The fourth-order valence-corrected chi connectivity index (χ4v) is 4.87. The highest BCUT2D eigenvalue weighted by atomic mass is 15.4. The van der Waals surface area contributed by atoms with Crippen molar-refractivity contribution in [3.8, 4) is 0 Å². The Morgan fingerprint density at radius 1 is 1.20 bits per heavy atom. The molecular weight excluding hydrogens is 312 g/mol. The van der Waals surface area contributed by atoms with Crippen LogP contribution in [0.2, 0.25) is 0 Å². The molecule has 0 unspecified atom stereocenters. The van der Waals surface area contributed by atoms with Crippen molar-refractivity contribution in [2.24, 2.45) is 11.8 Å². The summed E-state index contributed by atoms with van der Waals surface area (Å²) < 4.78 is 1.84. The van der Waals surface area contributed by atoms with Gasteiger partial charge in [0.25, 0.3) is 0 Å². The standard InChI is InChI=1S/C19H26N6/c1-13-7-9-24(10-13)11-14-2-4-15(5-3-14)17-18-16-6-8-20-19(16)21-12-25(18)23-22-17/h6,8,12-15,20H,2-5,7,9-11H2,1H3/t13-,14-,15-/m1/s1. The maximum atomic E-state index is 4.54. The Labute approximate surface area is 147 Å². The third kappa shape index (κ3) is 2.72. The van der Waals surface area contributed by atoms with Crippen LogP contribution in [-0.4, -0.2) is 49.3 Å².